The molecule has 10 heteroatoms. The average Bonchev–Trinajstić information content (AvgIpc) is 3.20. The Morgan fingerprint density at radius 2 is 0.927 bits per heavy atom. The summed E-state index contributed by atoms with van der Waals surface area (Å²) < 4.78 is 31.4. The van der Waals surface area contributed by atoms with E-state index in [-0.39, 0.29) is 12.2 Å². The van der Waals surface area contributed by atoms with Crippen LogP contribution in [0.3, 0.4) is 0 Å². The van der Waals surface area contributed by atoms with Crippen molar-refractivity contribution in [3.8, 4) is 11.5 Å². The number of ether oxygens (including phenoxy) is 6. The molecule has 2 aromatic rings. The molecule has 0 amide bonds. The van der Waals surface area contributed by atoms with Crippen LogP contribution in [-0.4, -0.2) is 61.7 Å². The van der Waals surface area contributed by atoms with E-state index in [1.54, 1.807) is 6.92 Å². The van der Waals surface area contributed by atoms with Crippen molar-refractivity contribution in [3.63, 3.8) is 0 Å². The summed E-state index contributed by atoms with van der Waals surface area (Å²) >= 11 is 0. The van der Waals surface area contributed by atoms with E-state index < -0.39 is 23.5 Å². The zero-order valence-corrected chi connectivity index (χ0v) is 34.2. The highest BCUT2D eigenvalue weighted by atomic mass is 16.7. The van der Waals surface area contributed by atoms with E-state index in [2.05, 4.69) is 18.6 Å². The first-order chi connectivity index (χ1) is 26.6. The van der Waals surface area contributed by atoms with Gasteiger partial charge in [-0.1, -0.05) is 102 Å². The van der Waals surface area contributed by atoms with Gasteiger partial charge in [-0.3, -0.25) is 0 Å². The van der Waals surface area contributed by atoms with Crippen LogP contribution in [0.1, 0.15) is 160 Å². The summed E-state index contributed by atoms with van der Waals surface area (Å²) in [5, 5.41) is 21.9. The largest absolute Gasteiger partial charge is 0.508 e. The molecule has 0 spiro atoms. The summed E-state index contributed by atoms with van der Waals surface area (Å²) in [6.07, 6.45) is 18.1. The molecular formula is C45H70O10. The quantitative estimate of drug-likeness (QED) is 0.0934. The molecular weight excluding hydrogens is 700 g/mol. The maximum absolute atomic E-state index is 11.4. The second-order valence-electron chi connectivity index (χ2n) is 15.1. The third-order valence-electron chi connectivity index (χ3n) is 10.8. The monoisotopic (exact) mass is 770 g/mol. The van der Waals surface area contributed by atoms with Gasteiger partial charge in [0.05, 0.1) is 38.1 Å². The fourth-order valence-electron chi connectivity index (χ4n) is 7.29. The SMILES string of the molecule is CCCCCCCCOc1ccc(C2(O)CCC(OC(=O)OC)CC2)cc1.CCCCCCCCOc1ccc(C2(O)CCC(OC(=O)OCC)CC2)cc1. The average molecular weight is 771 g/mol. The lowest BCUT2D eigenvalue weighted by Crippen LogP contribution is -2.35. The van der Waals surface area contributed by atoms with Crippen LogP contribution >= 0.6 is 0 Å². The Kier molecular flexibility index (Phi) is 21.4. The minimum Gasteiger partial charge on any atom is -0.494 e. The van der Waals surface area contributed by atoms with Crippen LogP contribution in [-0.2, 0) is 30.1 Å². The van der Waals surface area contributed by atoms with Crippen molar-refractivity contribution in [2.45, 2.75) is 173 Å². The van der Waals surface area contributed by atoms with Crippen molar-refractivity contribution in [1.29, 1.82) is 0 Å². The zero-order valence-electron chi connectivity index (χ0n) is 34.2. The fraction of sp³-hybridized carbons (Fsp3) is 0.689. The van der Waals surface area contributed by atoms with Crippen molar-refractivity contribution < 1.29 is 48.2 Å². The minimum atomic E-state index is -0.869. The summed E-state index contributed by atoms with van der Waals surface area (Å²) in [6.45, 7) is 7.99. The first-order valence-electron chi connectivity index (χ1n) is 21.1. The molecule has 0 saturated heterocycles. The molecule has 0 atom stereocenters. The Morgan fingerprint density at radius 3 is 1.29 bits per heavy atom. The molecule has 2 N–H and O–H groups in total. The molecule has 2 saturated carbocycles. The summed E-state index contributed by atoms with van der Waals surface area (Å²) in [7, 11) is 1.30. The van der Waals surface area contributed by atoms with E-state index in [0.29, 0.717) is 58.0 Å². The summed E-state index contributed by atoms with van der Waals surface area (Å²) in [6, 6.07) is 15.5. The van der Waals surface area contributed by atoms with Gasteiger partial charge in [0, 0.05) is 0 Å². The van der Waals surface area contributed by atoms with E-state index in [9.17, 15) is 19.8 Å². The van der Waals surface area contributed by atoms with Crippen LogP contribution in [0.5, 0.6) is 11.5 Å². The summed E-state index contributed by atoms with van der Waals surface area (Å²) in [5.41, 5.74) is 0.0556. The Labute approximate surface area is 330 Å². The molecule has 0 bridgehead atoms. The summed E-state index contributed by atoms with van der Waals surface area (Å²) in [4.78, 5) is 22.6. The van der Waals surface area contributed by atoms with Crippen LogP contribution in [0.15, 0.2) is 48.5 Å². The van der Waals surface area contributed by atoms with Gasteiger partial charge < -0.3 is 38.6 Å². The van der Waals surface area contributed by atoms with Crippen molar-refractivity contribution in [2.24, 2.45) is 0 Å². The van der Waals surface area contributed by atoms with Gasteiger partial charge in [0.15, 0.2) is 0 Å². The van der Waals surface area contributed by atoms with Crippen molar-refractivity contribution in [3.05, 3.63) is 59.7 Å². The van der Waals surface area contributed by atoms with Crippen LogP contribution in [0.4, 0.5) is 9.59 Å². The molecule has 2 aliphatic carbocycles. The predicted octanol–water partition coefficient (Wildman–Crippen LogP) is 11.1. The van der Waals surface area contributed by atoms with Crippen molar-refractivity contribution in [1.82, 2.24) is 0 Å². The standard InChI is InChI=1S/C23H36O5.C22H34O5/c1-3-5-6-7-8-9-18-27-20-12-10-19(11-13-20)23(25)16-14-21(15-17-23)28-22(24)26-4-2;1-3-4-5-6-7-8-17-26-19-11-9-18(10-12-19)22(24)15-13-20(14-16-22)27-21(23)25-2/h10-13,21,25H,3-9,14-18H2,1-2H3;9-12,20,24H,3-8,13-17H2,1-2H3. The maximum Gasteiger partial charge on any atom is 0.508 e. The zero-order chi connectivity index (χ0) is 39.8. The smallest absolute Gasteiger partial charge is 0.494 e. The highest BCUT2D eigenvalue weighted by Crippen LogP contribution is 2.40. The first kappa shape index (κ1) is 45.9. The maximum atomic E-state index is 11.4. The minimum absolute atomic E-state index is 0.181. The van der Waals surface area contributed by atoms with Gasteiger partial charge in [0.1, 0.15) is 23.7 Å². The second kappa shape index (κ2) is 25.6. The lowest BCUT2D eigenvalue weighted by molar-refractivity contribution is -0.0531. The molecule has 0 unspecified atom stereocenters. The van der Waals surface area contributed by atoms with Gasteiger partial charge in [-0.25, -0.2) is 9.59 Å². The molecule has 0 aromatic heterocycles. The number of methoxy groups -OCH3 is 1. The molecule has 4 rings (SSSR count). The number of carbonyl (C=O) groups is 2. The molecule has 10 nitrogen and oxygen atoms in total. The van der Waals surface area contributed by atoms with Crippen LogP contribution < -0.4 is 9.47 Å². The molecule has 2 aliphatic rings. The van der Waals surface area contributed by atoms with Gasteiger partial charge in [0.25, 0.3) is 0 Å². The van der Waals surface area contributed by atoms with Crippen LogP contribution in [0.25, 0.3) is 0 Å². The lowest BCUT2D eigenvalue weighted by atomic mass is 9.78. The molecule has 0 heterocycles. The number of carbonyl (C=O) groups excluding carboxylic acids is 2. The highest BCUT2D eigenvalue weighted by molar-refractivity contribution is 5.60. The Hall–Kier alpha value is -3.50. The molecule has 2 fully saturated rings. The van der Waals surface area contributed by atoms with Gasteiger partial charge in [-0.2, -0.15) is 0 Å². The Morgan fingerprint density at radius 1 is 0.564 bits per heavy atom. The van der Waals surface area contributed by atoms with Crippen LogP contribution in [0.2, 0.25) is 0 Å². The van der Waals surface area contributed by atoms with Gasteiger partial charge >= 0.3 is 12.3 Å². The third-order valence-corrected chi connectivity index (χ3v) is 10.8. The first-order valence-corrected chi connectivity index (χ1v) is 21.1. The van der Waals surface area contributed by atoms with E-state index in [0.717, 1.165) is 48.7 Å². The topological polar surface area (TPSA) is 130 Å². The molecule has 55 heavy (non-hydrogen) atoms. The molecule has 0 radical (unpaired) electrons. The van der Waals surface area contributed by atoms with Crippen molar-refractivity contribution >= 4 is 12.3 Å². The number of unbranched alkanes of at least 4 members (excludes halogenated alkanes) is 10. The van der Waals surface area contributed by atoms with Crippen molar-refractivity contribution in [2.75, 3.05) is 26.9 Å². The van der Waals surface area contributed by atoms with Gasteiger partial charge in [-0.15, -0.1) is 0 Å². The van der Waals surface area contributed by atoms with Gasteiger partial charge in [0.2, 0.25) is 0 Å². The Balaban J connectivity index is 0.000000296. The predicted molar refractivity (Wildman–Crippen MR) is 215 cm³/mol. The normalized spacial score (nSPS) is 22.1. The number of benzene rings is 2. The van der Waals surface area contributed by atoms with Crippen LogP contribution in [0, 0.1) is 0 Å². The number of hydrogen-bond acceptors (Lipinski definition) is 10. The number of rotatable bonds is 21. The number of hydrogen-bond donors (Lipinski definition) is 2. The molecule has 2 aromatic carbocycles. The lowest BCUT2D eigenvalue weighted by Gasteiger charge is -2.36. The fourth-order valence-corrected chi connectivity index (χ4v) is 7.29. The second-order valence-corrected chi connectivity index (χ2v) is 15.1. The van der Waals surface area contributed by atoms with E-state index in [1.165, 1.54) is 71.3 Å². The Bertz CT molecular complexity index is 1310. The number of aliphatic hydroxyl groups is 2. The molecule has 0 aliphatic heterocycles. The van der Waals surface area contributed by atoms with E-state index in [4.69, 9.17) is 23.7 Å². The van der Waals surface area contributed by atoms with E-state index in [1.807, 2.05) is 48.5 Å². The third kappa shape index (κ3) is 17.0. The van der Waals surface area contributed by atoms with E-state index >= 15 is 0 Å². The van der Waals surface area contributed by atoms with Gasteiger partial charge in [-0.05, 0) is 107 Å². The highest BCUT2D eigenvalue weighted by Gasteiger charge is 2.37. The summed E-state index contributed by atoms with van der Waals surface area (Å²) in [5.74, 6) is 1.69. The molecule has 310 valence electrons.